The van der Waals surface area contributed by atoms with Crippen molar-refractivity contribution in [1.29, 1.82) is 0 Å². The number of benzene rings is 4. The maximum absolute atomic E-state index is 6.44. The Balaban J connectivity index is 1.61. The van der Waals surface area contributed by atoms with Crippen LogP contribution in [-0.4, -0.2) is 6.71 Å². The van der Waals surface area contributed by atoms with Crippen molar-refractivity contribution >= 4 is 51.9 Å². The van der Waals surface area contributed by atoms with Crippen LogP contribution in [0.3, 0.4) is 0 Å². The van der Waals surface area contributed by atoms with Crippen LogP contribution in [0.1, 0.15) is 5.56 Å². The Morgan fingerprint density at radius 1 is 0.759 bits per heavy atom. The number of aryl methyl sites for hydroxylation is 1. The van der Waals surface area contributed by atoms with Crippen LogP contribution in [0.25, 0.3) is 0 Å². The van der Waals surface area contributed by atoms with E-state index in [1.165, 1.54) is 48.8 Å². The summed E-state index contributed by atoms with van der Waals surface area (Å²) in [7, 11) is 0. The van der Waals surface area contributed by atoms with E-state index in [2.05, 4.69) is 90.7 Å². The molecule has 2 nitrogen and oxygen atoms in total. The monoisotopic (exact) mass is 389 g/mol. The van der Waals surface area contributed by atoms with E-state index in [9.17, 15) is 0 Å². The minimum absolute atomic E-state index is 0.197. The molecule has 0 unspecified atom stereocenters. The molecular weight excluding hydrogens is 373 g/mol. The molecule has 0 atom stereocenters. The zero-order valence-electron chi connectivity index (χ0n) is 15.8. The third-order valence-electron chi connectivity index (χ3n) is 6.17. The number of hydrogen-bond acceptors (Lipinski definition) is 3. The molecule has 29 heavy (non-hydrogen) atoms. The third-order valence-corrected chi connectivity index (χ3v) is 7.28. The number of para-hydroxylation sites is 2. The molecule has 136 valence electrons. The van der Waals surface area contributed by atoms with E-state index >= 15 is 0 Å². The largest absolute Gasteiger partial charge is 0.458 e. The second-order valence-electron chi connectivity index (χ2n) is 7.86. The number of rotatable bonds is 0. The Morgan fingerprint density at radius 3 is 2.52 bits per heavy atom. The van der Waals surface area contributed by atoms with Crippen LogP contribution < -0.4 is 26.0 Å². The van der Waals surface area contributed by atoms with Crippen LogP contribution in [0.2, 0.25) is 0 Å². The summed E-state index contributed by atoms with van der Waals surface area (Å²) in [5.41, 5.74) is 8.91. The van der Waals surface area contributed by atoms with Crippen molar-refractivity contribution in [1.82, 2.24) is 0 Å². The highest BCUT2D eigenvalue weighted by atomic mass is 32.2. The standard InChI is InChI=1S/C25H16BNOS/c1-15-10-11-17-21(14-15)28-20-12-13-23-25-24(20)26(17)16-6-2-3-7-18(16)27(25)19-8-4-5-9-22(19)29-23/h2-14H,1H3. The molecule has 4 aromatic rings. The normalized spacial score (nSPS) is 14.4. The summed E-state index contributed by atoms with van der Waals surface area (Å²) in [6.45, 7) is 2.32. The molecule has 0 amide bonds. The van der Waals surface area contributed by atoms with Crippen LogP contribution in [0.4, 0.5) is 17.1 Å². The molecule has 4 aromatic carbocycles. The maximum Gasteiger partial charge on any atom is 0.256 e. The van der Waals surface area contributed by atoms with Crippen molar-refractivity contribution in [2.24, 2.45) is 0 Å². The zero-order valence-corrected chi connectivity index (χ0v) is 16.7. The predicted molar refractivity (Wildman–Crippen MR) is 121 cm³/mol. The van der Waals surface area contributed by atoms with E-state index in [0.717, 1.165) is 11.5 Å². The quantitative estimate of drug-likeness (QED) is 0.344. The van der Waals surface area contributed by atoms with Gasteiger partial charge in [0.1, 0.15) is 11.5 Å². The van der Waals surface area contributed by atoms with Gasteiger partial charge in [-0.1, -0.05) is 54.2 Å². The summed E-state index contributed by atoms with van der Waals surface area (Å²) in [6, 6.07) is 28.5. The second kappa shape index (κ2) is 5.49. The van der Waals surface area contributed by atoms with Crippen LogP contribution in [0.5, 0.6) is 11.5 Å². The first-order valence-corrected chi connectivity index (χ1v) is 10.7. The first-order valence-electron chi connectivity index (χ1n) is 9.91. The van der Waals surface area contributed by atoms with Gasteiger partial charge in [0.15, 0.2) is 0 Å². The van der Waals surface area contributed by atoms with Crippen molar-refractivity contribution in [3.8, 4) is 11.5 Å². The van der Waals surface area contributed by atoms with Gasteiger partial charge in [-0.25, -0.2) is 0 Å². The number of anilines is 3. The summed E-state index contributed by atoms with van der Waals surface area (Å²) < 4.78 is 6.44. The summed E-state index contributed by atoms with van der Waals surface area (Å²) in [5, 5.41) is 0. The van der Waals surface area contributed by atoms with Crippen molar-refractivity contribution in [2.45, 2.75) is 16.7 Å². The van der Waals surface area contributed by atoms with Gasteiger partial charge < -0.3 is 9.64 Å². The van der Waals surface area contributed by atoms with Crippen LogP contribution >= 0.6 is 11.8 Å². The van der Waals surface area contributed by atoms with Crippen LogP contribution in [-0.2, 0) is 0 Å². The fraction of sp³-hybridized carbons (Fsp3) is 0.0400. The van der Waals surface area contributed by atoms with E-state index in [1.807, 2.05) is 11.8 Å². The fourth-order valence-corrected chi connectivity index (χ4v) is 6.05. The van der Waals surface area contributed by atoms with Crippen LogP contribution in [0, 0.1) is 6.92 Å². The minimum atomic E-state index is 0.197. The van der Waals surface area contributed by atoms with Gasteiger partial charge in [0, 0.05) is 15.5 Å². The molecule has 3 aliphatic heterocycles. The smallest absolute Gasteiger partial charge is 0.256 e. The molecule has 0 spiro atoms. The molecular formula is C25H16BNOS. The van der Waals surface area contributed by atoms with Gasteiger partial charge in [0.05, 0.1) is 11.4 Å². The van der Waals surface area contributed by atoms with Gasteiger partial charge in [-0.15, -0.1) is 0 Å². The number of hydrogen-bond donors (Lipinski definition) is 0. The lowest BCUT2D eigenvalue weighted by Gasteiger charge is -2.43. The van der Waals surface area contributed by atoms with Gasteiger partial charge >= 0.3 is 0 Å². The molecule has 0 bridgehead atoms. The second-order valence-corrected chi connectivity index (χ2v) is 8.95. The predicted octanol–water partition coefficient (Wildman–Crippen LogP) is 4.86. The van der Waals surface area contributed by atoms with Gasteiger partial charge in [0.2, 0.25) is 0 Å². The Bertz CT molecular complexity index is 1350. The molecule has 0 aliphatic carbocycles. The van der Waals surface area contributed by atoms with Crippen molar-refractivity contribution in [2.75, 3.05) is 4.90 Å². The molecule has 0 N–H and O–H groups in total. The average Bonchev–Trinajstić information content (AvgIpc) is 2.76. The van der Waals surface area contributed by atoms with Crippen molar-refractivity contribution in [3.05, 3.63) is 84.4 Å². The average molecular weight is 389 g/mol. The molecule has 3 aliphatic rings. The Morgan fingerprint density at radius 2 is 1.59 bits per heavy atom. The lowest BCUT2D eigenvalue weighted by Crippen LogP contribution is -2.59. The highest BCUT2D eigenvalue weighted by molar-refractivity contribution is 7.99. The molecule has 0 saturated carbocycles. The molecule has 0 radical (unpaired) electrons. The lowest BCUT2D eigenvalue weighted by molar-refractivity contribution is 0.486. The fourth-order valence-electron chi connectivity index (χ4n) is 4.97. The van der Waals surface area contributed by atoms with Crippen molar-refractivity contribution in [3.63, 3.8) is 0 Å². The summed E-state index contributed by atoms with van der Waals surface area (Å²) in [6.07, 6.45) is 0. The minimum Gasteiger partial charge on any atom is -0.458 e. The highest BCUT2D eigenvalue weighted by Gasteiger charge is 2.44. The molecule has 0 fully saturated rings. The zero-order chi connectivity index (χ0) is 19.1. The van der Waals surface area contributed by atoms with E-state index in [4.69, 9.17) is 4.74 Å². The van der Waals surface area contributed by atoms with Crippen LogP contribution in [0.15, 0.2) is 88.7 Å². The lowest BCUT2D eigenvalue weighted by atomic mass is 9.34. The molecule has 0 saturated heterocycles. The third kappa shape index (κ3) is 1.99. The van der Waals surface area contributed by atoms with Gasteiger partial charge in [-0.3, -0.25) is 0 Å². The molecule has 4 heteroatoms. The van der Waals surface area contributed by atoms with E-state index < -0.39 is 0 Å². The number of fused-ring (bicyclic) bond motifs is 7. The van der Waals surface area contributed by atoms with Gasteiger partial charge in [-0.2, -0.15) is 0 Å². The molecule has 3 heterocycles. The number of ether oxygens (including phenoxy) is 1. The topological polar surface area (TPSA) is 12.5 Å². The maximum atomic E-state index is 6.44. The Labute approximate surface area is 174 Å². The summed E-state index contributed by atoms with van der Waals surface area (Å²) >= 11 is 1.86. The molecule has 0 aromatic heterocycles. The SMILES string of the molecule is Cc1ccc2c(c1)Oc1ccc3c4c1B2c1ccccc1N4c1ccccc1S3. The van der Waals surface area contributed by atoms with E-state index in [-0.39, 0.29) is 6.71 Å². The van der Waals surface area contributed by atoms with Crippen molar-refractivity contribution < 1.29 is 4.74 Å². The van der Waals surface area contributed by atoms with E-state index in [0.29, 0.717) is 0 Å². The summed E-state index contributed by atoms with van der Waals surface area (Å²) in [4.78, 5) is 5.02. The van der Waals surface area contributed by atoms with E-state index in [1.54, 1.807) is 0 Å². The van der Waals surface area contributed by atoms with Gasteiger partial charge in [0.25, 0.3) is 6.71 Å². The van der Waals surface area contributed by atoms with Gasteiger partial charge in [-0.05, 0) is 65.3 Å². The number of nitrogens with zero attached hydrogens (tertiary/aromatic N) is 1. The molecule has 7 rings (SSSR count). The Hall–Kier alpha value is -3.11. The first-order chi connectivity index (χ1) is 14.3. The Kier molecular flexibility index (Phi) is 2.99. The summed E-state index contributed by atoms with van der Waals surface area (Å²) in [5.74, 6) is 1.96. The highest BCUT2D eigenvalue weighted by Crippen LogP contribution is 2.53. The first kappa shape index (κ1) is 15.8.